The van der Waals surface area contributed by atoms with Crippen molar-refractivity contribution in [2.45, 2.75) is 18.9 Å². The van der Waals surface area contributed by atoms with Crippen LogP contribution in [0.15, 0.2) is 12.1 Å². The van der Waals surface area contributed by atoms with E-state index in [9.17, 15) is 18.0 Å². The molecule has 0 bridgehead atoms. The van der Waals surface area contributed by atoms with E-state index in [1.165, 1.54) is 0 Å². The molecular formula is C13H15F3N2O2. The van der Waals surface area contributed by atoms with Crippen LogP contribution in [0.1, 0.15) is 12.8 Å². The average Bonchev–Trinajstić information content (AvgIpc) is 2.44. The third-order valence-electron chi connectivity index (χ3n) is 3.34. The molecule has 1 heterocycles. The van der Waals surface area contributed by atoms with Gasteiger partial charge >= 0.3 is 0 Å². The monoisotopic (exact) mass is 288 g/mol. The number of benzene rings is 1. The maximum Gasteiger partial charge on any atom is 0.241 e. The maximum atomic E-state index is 13.4. The molecule has 0 spiro atoms. The Bertz CT molecular complexity index is 505. The topological polar surface area (TPSA) is 64.4 Å². The minimum atomic E-state index is -1.31. The predicted octanol–water partition coefficient (Wildman–Crippen LogP) is 1.80. The van der Waals surface area contributed by atoms with Gasteiger partial charge in [-0.05, 0) is 18.8 Å². The number of nitrogens with one attached hydrogen (secondary N) is 1. The molecule has 2 rings (SSSR count). The first-order chi connectivity index (χ1) is 9.49. The van der Waals surface area contributed by atoms with Crippen molar-refractivity contribution in [3.63, 3.8) is 0 Å². The van der Waals surface area contributed by atoms with Gasteiger partial charge in [0.15, 0.2) is 11.6 Å². The van der Waals surface area contributed by atoms with E-state index >= 15 is 0 Å². The van der Waals surface area contributed by atoms with Gasteiger partial charge in [-0.2, -0.15) is 0 Å². The summed E-state index contributed by atoms with van der Waals surface area (Å²) in [5.41, 5.74) is 5.38. The van der Waals surface area contributed by atoms with Gasteiger partial charge in [0.2, 0.25) is 5.91 Å². The SMILES string of the molecule is NC(C(=O)Nc1cc(F)c(F)cc1F)C1CCOCC1. The summed E-state index contributed by atoms with van der Waals surface area (Å²) < 4.78 is 44.4. The Kier molecular flexibility index (Phi) is 4.61. The smallest absolute Gasteiger partial charge is 0.241 e. The zero-order chi connectivity index (χ0) is 14.7. The summed E-state index contributed by atoms with van der Waals surface area (Å²) in [6.45, 7) is 1.04. The van der Waals surface area contributed by atoms with E-state index in [4.69, 9.17) is 10.5 Å². The van der Waals surface area contributed by atoms with Crippen molar-refractivity contribution in [2.24, 2.45) is 11.7 Å². The van der Waals surface area contributed by atoms with Crippen LogP contribution in [0.4, 0.5) is 18.9 Å². The highest BCUT2D eigenvalue weighted by Gasteiger charge is 2.27. The van der Waals surface area contributed by atoms with Gasteiger partial charge in [0.05, 0.1) is 11.7 Å². The van der Waals surface area contributed by atoms with Crippen LogP contribution in [0.25, 0.3) is 0 Å². The van der Waals surface area contributed by atoms with E-state index in [0.29, 0.717) is 38.2 Å². The Morgan fingerprint density at radius 1 is 1.20 bits per heavy atom. The van der Waals surface area contributed by atoms with Crippen LogP contribution in [0.2, 0.25) is 0 Å². The molecule has 1 aromatic rings. The lowest BCUT2D eigenvalue weighted by Crippen LogP contribution is -2.44. The van der Waals surface area contributed by atoms with Crippen LogP contribution in [-0.4, -0.2) is 25.2 Å². The number of halogens is 3. The highest BCUT2D eigenvalue weighted by atomic mass is 19.2. The third kappa shape index (κ3) is 3.29. The molecule has 1 aliphatic heterocycles. The Labute approximate surface area is 114 Å². The number of hydrogen-bond donors (Lipinski definition) is 2. The first-order valence-corrected chi connectivity index (χ1v) is 6.27. The molecule has 0 saturated carbocycles. The van der Waals surface area contributed by atoms with E-state index < -0.39 is 35.1 Å². The number of ether oxygens (including phenoxy) is 1. The molecule has 1 fully saturated rings. The van der Waals surface area contributed by atoms with Crippen LogP contribution in [0.5, 0.6) is 0 Å². The minimum absolute atomic E-state index is 0.0721. The lowest BCUT2D eigenvalue weighted by Gasteiger charge is -2.26. The number of hydrogen-bond acceptors (Lipinski definition) is 3. The molecule has 0 aliphatic carbocycles. The predicted molar refractivity (Wildman–Crippen MR) is 66.5 cm³/mol. The summed E-state index contributed by atoms with van der Waals surface area (Å²) in [5.74, 6) is -4.29. The van der Waals surface area contributed by atoms with Gasteiger partial charge in [0.1, 0.15) is 5.82 Å². The van der Waals surface area contributed by atoms with Crippen LogP contribution in [-0.2, 0) is 9.53 Å². The fourth-order valence-electron chi connectivity index (χ4n) is 2.12. The number of rotatable bonds is 3. The summed E-state index contributed by atoms with van der Waals surface area (Å²) in [6, 6.07) is 0.135. The van der Waals surface area contributed by atoms with E-state index in [1.54, 1.807) is 0 Å². The lowest BCUT2D eigenvalue weighted by atomic mass is 9.92. The Morgan fingerprint density at radius 3 is 2.45 bits per heavy atom. The molecule has 1 aliphatic rings. The van der Waals surface area contributed by atoms with Crippen LogP contribution < -0.4 is 11.1 Å². The molecule has 110 valence electrons. The summed E-state index contributed by atoms with van der Waals surface area (Å²) in [5, 5.41) is 2.19. The van der Waals surface area contributed by atoms with Crippen LogP contribution >= 0.6 is 0 Å². The van der Waals surface area contributed by atoms with Crippen molar-refractivity contribution in [2.75, 3.05) is 18.5 Å². The van der Waals surface area contributed by atoms with Crippen LogP contribution in [0, 0.1) is 23.4 Å². The number of amides is 1. The first-order valence-electron chi connectivity index (χ1n) is 6.27. The molecule has 1 aromatic carbocycles. The van der Waals surface area contributed by atoms with E-state index in [0.717, 1.165) is 0 Å². The average molecular weight is 288 g/mol. The molecule has 20 heavy (non-hydrogen) atoms. The number of anilines is 1. The second kappa shape index (κ2) is 6.23. The first kappa shape index (κ1) is 14.8. The molecule has 4 nitrogen and oxygen atoms in total. The van der Waals surface area contributed by atoms with Gasteiger partial charge in [0.25, 0.3) is 0 Å². The van der Waals surface area contributed by atoms with E-state index in [1.807, 2.05) is 0 Å². The Morgan fingerprint density at radius 2 is 1.80 bits per heavy atom. The highest BCUT2D eigenvalue weighted by molar-refractivity contribution is 5.95. The minimum Gasteiger partial charge on any atom is -0.381 e. The van der Waals surface area contributed by atoms with E-state index in [-0.39, 0.29) is 5.92 Å². The second-order valence-corrected chi connectivity index (χ2v) is 4.71. The Hall–Kier alpha value is -1.60. The van der Waals surface area contributed by atoms with Gasteiger partial charge in [-0.3, -0.25) is 4.79 Å². The van der Waals surface area contributed by atoms with Crippen molar-refractivity contribution in [1.29, 1.82) is 0 Å². The number of carbonyl (C=O) groups is 1. The second-order valence-electron chi connectivity index (χ2n) is 4.71. The lowest BCUT2D eigenvalue weighted by molar-refractivity contribution is -0.119. The third-order valence-corrected chi connectivity index (χ3v) is 3.34. The molecule has 0 radical (unpaired) electrons. The molecule has 3 N–H and O–H groups in total. The molecule has 7 heteroatoms. The largest absolute Gasteiger partial charge is 0.381 e. The summed E-state index contributed by atoms with van der Waals surface area (Å²) in [6.07, 6.45) is 1.27. The van der Waals surface area contributed by atoms with Crippen molar-refractivity contribution < 1.29 is 22.7 Å². The molecule has 1 unspecified atom stereocenters. The van der Waals surface area contributed by atoms with Gasteiger partial charge in [-0.15, -0.1) is 0 Å². The zero-order valence-electron chi connectivity index (χ0n) is 10.7. The molecule has 1 amide bonds. The number of nitrogens with two attached hydrogens (primary N) is 1. The Balaban J connectivity index is 2.05. The van der Waals surface area contributed by atoms with Crippen molar-refractivity contribution >= 4 is 11.6 Å². The van der Waals surface area contributed by atoms with Crippen LogP contribution in [0.3, 0.4) is 0 Å². The standard InChI is InChI=1S/C13H15F3N2O2/c14-8-5-10(16)11(6-9(8)15)18-13(19)12(17)7-1-3-20-4-2-7/h5-7,12H,1-4,17H2,(H,18,19). The van der Waals surface area contributed by atoms with Gasteiger partial charge in [-0.25, -0.2) is 13.2 Å². The van der Waals surface area contributed by atoms with Gasteiger partial charge < -0.3 is 15.8 Å². The normalized spacial score (nSPS) is 17.8. The highest BCUT2D eigenvalue weighted by Crippen LogP contribution is 2.21. The van der Waals surface area contributed by atoms with Gasteiger partial charge in [-0.1, -0.05) is 0 Å². The van der Waals surface area contributed by atoms with Crippen molar-refractivity contribution in [3.8, 4) is 0 Å². The summed E-state index contributed by atoms with van der Waals surface area (Å²) >= 11 is 0. The van der Waals surface area contributed by atoms with E-state index in [2.05, 4.69) is 5.32 Å². The fourth-order valence-corrected chi connectivity index (χ4v) is 2.12. The summed E-state index contributed by atoms with van der Waals surface area (Å²) in [7, 11) is 0. The van der Waals surface area contributed by atoms with Crippen molar-refractivity contribution in [3.05, 3.63) is 29.6 Å². The molecule has 1 saturated heterocycles. The molecular weight excluding hydrogens is 273 g/mol. The fraction of sp³-hybridized carbons (Fsp3) is 0.462. The quantitative estimate of drug-likeness (QED) is 0.834. The summed E-state index contributed by atoms with van der Waals surface area (Å²) in [4.78, 5) is 11.9. The maximum absolute atomic E-state index is 13.4. The molecule has 0 aromatic heterocycles. The van der Waals surface area contributed by atoms with Crippen molar-refractivity contribution in [1.82, 2.24) is 0 Å². The molecule has 1 atom stereocenters. The van der Waals surface area contributed by atoms with Gasteiger partial charge in [0, 0.05) is 25.3 Å². The zero-order valence-corrected chi connectivity index (χ0v) is 10.7. The number of carbonyl (C=O) groups excluding carboxylic acids is 1.